The molecular formula is C16H26N2O. The Hall–Kier alpha value is -1.06. The van der Waals surface area contributed by atoms with Crippen LogP contribution in [0.4, 0.5) is 0 Å². The molecule has 19 heavy (non-hydrogen) atoms. The molecule has 0 aliphatic carbocycles. The van der Waals surface area contributed by atoms with Crippen molar-refractivity contribution < 1.29 is 4.74 Å². The zero-order chi connectivity index (χ0) is 13.8. The maximum Gasteiger partial charge on any atom is 0.126 e. The fourth-order valence-corrected chi connectivity index (χ4v) is 2.89. The summed E-state index contributed by atoms with van der Waals surface area (Å²) in [7, 11) is 1.77. The van der Waals surface area contributed by atoms with E-state index in [-0.39, 0.29) is 0 Å². The van der Waals surface area contributed by atoms with Crippen molar-refractivity contribution in [1.82, 2.24) is 10.6 Å². The lowest BCUT2D eigenvalue weighted by molar-refractivity contribution is 0.402. The fraction of sp³-hybridized carbons (Fsp3) is 0.625. The standard InChI is InChI=1S/C16H26N2O/c1-11-7-12(2)15(16(19-4)13(11)3)10-18-9-14-5-6-17-8-14/h7,14,17-18H,5-6,8-10H2,1-4H3. The van der Waals surface area contributed by atoms with Gasteiger partial charge in [-0.3, -0.25) is 0 Å². The Kier molecular flexibility index (Phi) is 4.83. The second-order valence-electron chi connectivity index (χ2n) is 5.64. The van der Waals surface area contributed by atoms with Gasteiger partial charge in [0.1, 0.15) is 5.75 Å². The van der Waals surface area contributed by atoms with E-state index in [1.165, 1.54) is 35.2 Å². The van der Waals surface area contributed by atoms with Crippen LogP contribution in [0.25, 0.3) is 0 Å². The van der Waals surface area contributed by atoms with Crippen LogP contribution in [-0.4, -0.2) is 26.7 Å². The third-order valence-corrected chi connectivity index (χ3v) is 4.22. The molecule has 1 saturated heterocycles. The van der Waals surface area contributed by atoms with Crippen molar-refractivity contribution in [3.8, 4) is 5.75 Å². The molecule has 2 rings (SSSR count). The zero-order valence-electron chi connectivity index (χ0n) is 12.6. The summed E-state index contributed by atoms with van der Waals surface area (Å²) >= 11 is 0. The maximum absolute atomic E-state index is 5.61. The lowest BCUT2D eigenvalue weighted by Crippen LogP contribution is -2.24. The van der Waals surface area contributed by atoms with Gasteiger partial charge in [0, 0.05) is 12.1 Å². The summed E-state index contributed by atoms with van der Waals surface area (Å²) in [5.41, 5.74) is 5.18. The van der Waals surface area contributed by atoms with Gasteiger partial charge in [-0.15, -0.1) is 0 Å². The molecule has 0 bridgehead atoms. The molecule has 0 amide bonds. The van der Waals surface area contributed by atoms with Crippen LogP contribution in [0.2, 0.25) is 0 Å². The largest absolute Gasteiger partial charge is 0.496 e. The van der Waals surface area contributed by atoms with E-state index < -0.39 is 0 Å². The molecule has 1 unspecified atom stereocenters. The Morgan fingerprint density at radius 3 is 2.74 bits per heavy atom. The SMILES string of the molecule is COc1c(C)c(C)cc(C)c1CNCC1CCNC1. The van der Waals surface area contributed by atoms with E-state index in [4.69, 9.17) is 4.74 Å². The van der Waals surface area contributed by atoms with Crippen LogP contribution in [0.15, 0.2) is 6.07 Å². The molecule has 1 aliphatic heterocycles. The van der Waals surface area contributed by atoms with Gasteiger partial charge in [0.05, 0.1) is 7.11 Å². The molecule has 106 valence electrons. The Morgan fingerprint density at radius 1 is 1.32 bits per heavy atom. The smallest absolute Gasteiger partial charge is 0.126 e. The highest BCUT2D eigenvalue weighted by Crippen LogP contribution is 2.29. The predicted molar refractivity (Wildman–Crippen MR) is 79.9 cm³/mol. The second kappa shape index (κ2) is 6.40. The highest BCUT2D eigenvalue weighted by Gasteiger charge is 2.15. The van der Waals surface area contributed by atoms with Crippen molar-refractivity contribution >= 4 is 0 Å². The van der Waals surface area contributed by atoms with Crippen LogP contribution in [-0.2, 0) is 6.54 Å². The van der Waals surface area contributed by atoms with Crippen molar-refractivity contribution in [2.45, 2.75) is 33.7 Å². The summed E-state index contributed by atoms with van der Waals surface area (Å²) in [6.45, 7) is 10.7. The highest BCUT2D eigenvalue weighted by atomic mass is 16.5. The van der Waals surface area contributed by atoms with Gasteiger partial charge in [0.15, 0.2) is 0 Å². The number of aryl methyl sites for hydroxylation is 2. The molecule has 1 fully saturated rings. The number of benzene rings is 1. The Labute approximate surface area is 116 Å². The van der Waals surface area contributed by atoms with E-state index in [0.717, 1.165) is 31.3 Å². The molecule has 2 N–H and O–H groups in total. The minimum Gasteiger partial charge on any atom is -0.496 e. The highest BCUT2D eigenvalue weighted by molar-refractivity contribution is 5.49. The van der Waals surface area contributed by atoms with E-state index in [1.807, 2.05) is 0 Å². The van der Waals surface area contributed by atoms with Crippen molar-refractivity contribution in [2.24, 2.45) is 5.92 Å². The van der Waals surface area contributed by atoms with E-state index in [2.05, 4.69) is 37.5 Å². The minimum absolute atomic E-state index is 0.776. The number of ether oxygens (including phenoxy) is 1. The van der Waals surface area contributed by atoms with Crippen LogP contribution in [0.1, 0.15) is 28.7 Å². The second-order valence-corrected chi connectivity index (χ2v) is 5.64. The number of hydrogen-bond donors (Lipinski definition) is 2. The van der Waals surface area contributed by atoms with Gasteiger partial charge in [0.2, 0.25) is 0 Å². The molecule has 1 heterocycles. The number of methoxy groups -OCH3 is 1. The van der Waals surface area contributed by atoms with Gasteiger partial charge >= 0.3 is 0 Å². The molecule has 0 aromatic heterocycles. The molecule has 1 aromatic carbocycles. The van der Waals surface area contributed by atoms with Crippen molar-refractivity contribution in [3.63, 3.8) is 0 Å². The Bertz CT molecular complexity index is 437. The first-order valence-electron chi connectivity index (χ1n) is 7.18. The molecular weight excluding hydrogens is 236 g/mol. The summed E-state index contributed by atoms with van der Waals surface area (Å²) in [5.74, 6) is 1.83. The first-order valence-corrected chi connectivity index (χ1v) is 7.18. The van der Waals surface area contributed by atoms with Crippen LogP contribution in [0.3, 0.4) is 0 Å². The summed E-state index contributed by atoms with van der Waals surface area (Å²) < 4.78 is 5.61. The molecule has 3 nitrogen and oxygen atoms in total. The van der Waals surface area contributed by atoms with Gasteiger partial charge in [-0.1, -0.05) is 6.07 Å². The monoisotopic (exact) mass is 262 g/mol. The Morgan fingerprint density at radius 2 is 2.11 bits per heavy atom. The summed E-state index contributed by atoms with van der Waals surface area (Å²) in [6.07, 6.45) is 1.29. The molecule has 0 saturated carbocycles. The van der Waals surface area contributed by atoms with Crippen molar-refractivity contribution in [1.29, 1.82) is 0 Å². The summed E-state index contributed by atoms with van der Waals surface area (Å²) in [4.78, 5) is 0. The normalized spacial score (nSPS) is 18.8. The first-order chi connectivity index (χ1) is 9.13. The fourth-order valence-electron chi connectivity index (χ4n) is 2.89. The predicted octanol–water partition coefficient (Wildman–Crippen LogP) is 2.32. The van der Waals surface area contributed by atoms with Gasteiger partial charge < -0.3 is 15.4 Å². The van der Waals surface area contributed by atoms with Crippen molar-refractivity contribution in [3.05, 3.63) is 28.3 Å². The molecule has 1 atom stereocenters. The first kappa shape index (κ1) is 14.4. The minimum atomic E-state index is 0.776. The lowest BCUT2D eigenvalue weighted by atomic mass is 9.98. The van der Waals surface area contributed by atoms with Gasteiger partial charge in [-0.2, -0.15) is 0 Å². The van der Waals surface area contributed by atoms with E-state index in [9.17, 15) is 0 Å². The number of nitrogens with one attached hydrogen (secondary N) is 2. The maximum atomic E-state index is 5.61. The van der Waals surface area contributed by atoms with Gasteiger partial charge in [-0.05, 0) is 69.4 Å². The third kappa shape index (κ3) is 3.28. The van der Waals surface area contributed by atoms with Crippen LogP contribution < -0.4 is 15.4 Å². The van der Waals surface area contributed by atoms with Gasteiger partial charge in [0.25, 0.3) is 0 Å². The topological polar surface area (TPSA) is 33.3 Å². The summed E-state index contributed by atoms with van der Waals surface area (Å²) in [6, 6.07) is 2.26. The number of rotatable bonds is 5. The lowest BCUT2D eigenvalue weighted by Gasteiger charge is -2.18. The van der Waals surface area contributed by atoms with Crippen LogP contribution >= 0.6 is 0 Å². The molecule has 1 aromatic rings. The zero-order valence-corrected chi connectivity index (χ0v) is 12.6. The van der Waals surface area contributed by atoms with E-state index >= 15 is 0 Å². The molecule has 0 radical (unpaired) electrons. The van der Waals surface area contributed by atoms with Gasteiger partial charge in [-0.25, -0.2) is 0 Å². The Balaban J connectivity index is 2.04. The third-order valence-electron chi connectivity index (χ3n) is 4.22. The quantitative estimate of drug-likeness (QED) is 0.854. The van der Waals surface area contributed by atoms with Crippen LogP contribution in [0, 0.1) is 26.7 Å². The van der Waals surface area contributed by atoms with Crippen molar-refractivity contribution in [2.75, 3.05) is 26.7 Å². The molecule has 0 spiro atoms. The van der Waals surface area contributed by atoms with E-state index in [0.29, 0.717) is 0 Å². The summed E-state index contributed by atoms with van der Waals surface area (Å²) in [5, 5.41) is 6.99. The van der Waals surface area contributed by atoms with E-state index in [1.54, 1.807) is 7.11 Å². The molecule has 1 aliphatic rings. The number of hydrogen-bond acceptors (Lipinski definition) is 3. The van der Waals surface area contributed by atoms with Crippen LogP contribution in [0.5, 0.6) is 5.75 Å². The average Bonchev–Trinajstić information content (AvgIpc) is 2.89. The molecule has 3 heteroatoms. The average molecular weight is 262 g/mol.